The third kappa shape index (κ3) is 4.14. The average molecular weight is 383 g/mol. The smallest absolute Gasteiger partial charge is 0.337 e. The van der Waals surface area contributed by atoms with Gasteiger partial charge in [0.2, 0.25) is 0 Å². The largest absolute Gasteiger partial charge is 0.496 e. The second-order valence-corrected chi connectivity index (χ2v) is 6.67. The second kappa shape index (κ2) is 8.73. The summed E-state index contributed by atoms with van der Waals surface area (Å²) in [7, 11) is 3.03. The minimum atomic E-state index is -0.336. The van der Waals surface area contributed by atoms with Crippen LogP contribution in [0, 0.1) is 0 Å². The van der Waals surface area contributed by atoms with Crippen molar-refractivity contribution in [2.24, 2.45) is 0 Å². The molecule has 0 bridgehead atoms. The molecule has 3 rings (SSSR count). The molecule has 0 aliphatic heterocycles. The molecule has 0 N–H and O–H groups in total. The summed E-state index contributed by atoms with van der Waals surface area (Å²) >= 11 is 1.58. The van der Waals surface area contributed by atoms with Crippen molar-refractivity contribution in [3.05, 3.63) is 59.7 Å². The van der Waals surface area contributed by atoms with Gasteiger partial charge in [-0.25, -0.2) is 4.79 Å². The molecule has 0 unspecified atom stereocenters. The van der Waals surface area contributed by atoms with Crippen molar-refractivity contribution in [1.82, 2.24) is 14.8 Å². The number of ether oxygens (including phenoxy) is 2. The van der Waals surface area contributed by atoms with Crippen LogP contribution in [-0.4, -0.2) is 35.0 Å². The van der Waals surface area contributed by atoms with Gasteiger partial charge in [0, 0.05) is 12.3 Å². The van der Waals surface area contributed by atoms with Crippen LogP contribution in [0.2, 0.25) is 0 Å². The first-order valence-corrected chi connectivity index (χ1v) is 9.53. The molecule has 0 saturated heterocycles. The van der Waals surface area contributed by atoms with E-state index in [2.05, 4.69) is 21.7 Å². The first-order chi connectivity index (χ1) is 13.2. The Balaban J connectivity index is 1.83. The minimum Gasteiger partial charge on any atom is -0.496 e. The molecule has 0 aliphatic carbocycles. The maximum absolute atomic E-state index is 11.7. The number of esters is 1. The molecule has 140 valence electrons. The Morgan fingerprint density at radius 3 is 2.67 bits per heavy atom. The van der Waals surface area contributed by atoms with Crippen LogP contribution in [0.25, 0.3) is 11.4 Å². The van der Waals surface area contributed by atoms with Crippen molar-refractivity contribution in [3.8, 4) is 17.1 Å². The summed E-state index contributed by atoms with van der Waals surface area (Å²) in [4.78, 5) is 11.7. The molecular weight excluding hydrogens is 362 g/mol. The van der Waals surface area contributed by atoms with Crippen molar-refractivity contribution in [2.75, 3.05) is 14.2 Å². The summed E-state index contributed by atoms with van der Waals surface area (Å²) in [5, 5.41) is 9.55. The molecule has 0 atom stereocenters. The highest BCUT2D eigenvalue weighted by Gasteiger charge is 2.16. The Morgan fingerprint density at radius 1 is 1.11 bits per heavy atom. The molecular formula is C20H21N3O3S. The summed E-state index contributed by atoms with van der Waals surface area (Å²) in [6.07, 6.45) is 0. The molecule has 0 amide bonds. The molecule has 0 fully saturated rings. The van der Waals surface area contributed by atoms with Gasteiger partial charge < -0.3 is 14.0 Å². The fourth-order valence-electron chi connectivity index (χ4n) is 2.76. The quantitative estimate of drug-likeness (QED) is 0.453. The summed E-state index contributed by atoms with van der Waals surface area (Å²) in [6, 6.07) is 15.2. The third-order valence-electron chi connectivity index (χ3n) is 4.10. The third-order valence-corrected chi connectivity index (χ3v) is 5.13. The lowest BCUT2D eigenvalue weighted by atomic mass is 10.1. The van der Waals surface area contributed by atoms with Crippen LogP contribution in [-0.2, 0) is 17.0 Å². The number of rotatable bonds is 7. The second-order valence-electron chi connectivity index (χ2n) is 5.73. The van der Waals surface area contributed by atoms with Crippen LogP contribution in [0.1, 0.15) is 22.8 Å². The summed E-state index contributed by atoms with van der Waals surface area (Å²) < 4.78 is 12.3. The maximum atomic E-state index is 11.7. The molecule has 1 heterocycles. The number of methoxy groups -OCH3 is 2. The highest BCUT2D eigenvalue weighted by Crippen LogP contribution is 2.31. The van der Waals surface area contributed by atoms with Gasteiger partial charge >= 0.3 is 5.97 Å². The van der Waals surface area contributed by atoms with Gasteiger partial charge in [-0.2, -0.15) is 0 Å². The fourth-order valence-corrected chi connectivity index (χ4v) is 3.71. The monoisotopic (exact) mass is 383 g/mol. The standard InChI is InChI=1S/C20H21N3O3S/c1-4-23-18(16-10-5-6-11-17(16)25-2)21-22-20(23)27-13-14-8-7-9-15(12-14)19(24)26-3/h5-12H,4,13H2,1-3H3. The number of benzene rings is 2. The molecule has 0 radical (unpaired) electrons. The van der Waals surface area contributed by atoms with Crippen LogP contribution in [0.4, 0.5) is 0 Å². The van der Waals surface area contributed by atoms with Crippen LogP contribution in [0.15, 0.2) is 53.7 Å². The Morgan fingerprint density at radius 2 is 1.93 bits per heavy atom. The number of thioether (sulfide) groups is 1. The number of carbonyl (C=O) groups excluding carboxylic acids is 1. The SMILES string of the molecule is CCn1c(SCc2cccc(C(=O)OC)c2)nnc1-c1ccccc1OC. The van der Waals surface area contributed by atoms with Crippen molar-refractivity contribution < 1.29 is 14.3 Å². The first-order valence-electron chi connectivity index (χ1n) is 8.54. The van der Waals surface area contributed by atoms with E-state index in [1.54, 1.807) is 24.9 Å². The van der Waals surface area contributed by atoms with Gasteiger partial charge in [-0.1, -0.05) is 36.0 Å². The number of hydrogen-bond donors (Lipinski definition) is 0. The molecule has 0 saturated carbocycles. The van der Waals surface area contributed by atoms with Crippen molar-refractivity contribution in [2.45, 2.75) is 24.4 Å². The van der Waals surface area contributed by atoms with E-state index < -0.39 is 0 Å². The van der Waals surface area contributed by atoms with Crippen LogP contribution < -0.4 is 4.74 Å². The van der Waals surface area contributed by atoms with E-state index in [9.17, 15) is 4.79 Å². The molecule has 0 spiro atoms. The molecule has 0 aliphatic rings. The zero-order chi connectivity index (χ0) is 19.2. The molecule has 2 aromatic carbocycles. The zero-order valence-electron chi connectivity index (χ0n) is 15.5. The number of nitrogens with zero attached hydrogens (tertiary/aromatic N) is 3. The predicted molar refractivity (Wildman–Crippen MR) is 105 cm³/mol. The van der Waals surface area contributed by atoms with Gasteiger partial charge in [-0.05, 0) is 36.8 Å². The van der Waals surface area contributed by atoms with E-state index in [4.69, 9.17) is 9.47 Å². The van der Waals surface area contributed by atoms with Crippen molar-refractivity contribution in [3.63, 3.8) is 0 Å². The van der Waals surface area contributed by atoms with E-state index in [1.165, 1.54) is 7.11 Å². The molecule has 27 heavy (non-hydrogen) atoms. The predicted octanol–water partition coefficient (Wildman–Crippen LogP) is 4.05. The zero-order valence-corrected chi connectivity index (χ0v) is 16.3. The molecule has 3 aromatic rings. The normalized spacial score (nSPS) is 10.6. The van der Waals surface area contributed by atoms with Gasteiger partial charge in [0.1, 0.15) is 5.75 Å². The van der Waals surface area contributed by atoms with Gasteiger partial charge in [0.15, 0.2) is 11.0 Å². The van der Waals surface area contributed by atoms with Gasteiger partial charge in [-0.15, -0.1) is 10.2 Å². The Kier molecular flexibility index (Phi) is 6.13. The van der Waals surface area contributed by atoms with Gasteiger partial charge in [-0.3, -0.25) is 0 Å². The van der Waals surface area contributed by atoms with Gasteiger partial charge in [0.25, 0.3) is 0 Å². The Hall–Kier alpha value is -2.80. The Labute approximate surface area is 162 Å². The van der Waals surface area contributed by atoms with Crippen LogP contribution in [0.5, 0.6) is 5.75 Å². The fraction of sp³-hybridized carbons (Fsp3) is 0.250. The van der Waals surface area contributed by atoms with E-state index >= 15 is 0 Å². The van der Waals surface area contributed by atoms with Crippen molar-refractivity contribution >= 4 is 17.7 Å². The number of hydrogen-bond acceptors (Lipinski definition) is 6. The van der Waals surface area contributed by atoms with E-state index in [0.29, 0.717) is 11.3 Å². The van der Waals surface area contributed by atoms with Crippen molar-refractivity contribution in [1.29, 1.82) is 0 Å². The molecule has 7 heteroatoms. The van der Waals surface area contributed by atoms with Crippen LogP contribution >= 0.6 is 11.8 Å². The number of carbonyl (C=O) groups is 1. The first kappa shape index (κ1) is 19.0. The van der Waals surface area contributed by atoms with Gasteiger partial charge in [0.05, 0.1) is 25.3 Å². The lowest BCUT2D eigenvalue weighted by Gasteiger charge is -2.10. The van der Waals surface area contributed by atoms with E-state index in [0.717, 1.165) is 34.4 Å². The highest BCUT2D eigenvalue weighted by molar-refractivity contribution is 7.98. The highest BCUT2D eigenvalue weighted by atomic mass is 32.2. The average Bonchev–Trinajstić information content (AvgIpc) is 3.14. The summed E-state index contributed by atoms with van der Waals surface area (Å²) in [6.45, 7) is 2.80. The maximum Gasteiger partial charge on any atom is 0.337 e. The topological polar surface area (TPSA) is 66.2 Å². The lowest BCUT2D eigenvalue weighted by Crippen LogP contribution is -2.02. The minimum absolute atomic E-state index is 0.336. The molecule has 6 nitrogen and oxygen atoms in total. The number of para-hydroxylation sites is 1. The number of aromatic nitrogens is 3. The van der Waals surface area contributed by atoms with E-state index in [-0.39, 0.29) is 5.97 Å². The Bertz CT molecular complexity index is 940. The van der Waals surface area contributed by atoms with Crippen LogP contribution in [0.3, 0.4) is 0 Å². The lowest BCUT2D eigenvalue weighted by molar-refractivity contribution is 0.0600. The summed E-state index contributed by atoms with van der Waals surface area (Å²) in [5.41, 5.74) is 2.48. The van der Waals surface area contributed by atoms with E-state index in [1.807, 2.05) is 42.5 Å². The summed E-state index contributed by atoms with van der Waals surface area (Å²) in [5.74, 6) is 1.88. The molecule has 1 aromatic heterocycles.